The molecule has 0 bridgehead atoms. The Morgan fingerprint density at radius 2 is 1.82 bits per heavy atom. The second-order valence-corrected chi connectivity index (χ2v) is 6.36. The highest BCUT2D eigenvalue weighted by Gasteiger charge is 2.29. The summed E-state index contributed by atoms with van der Waals surface area (Å²) in [5, 5.41) is 8.73. The lowest BCUT2D eigenvalue weighted by Crippen LogP contribution is -2.49. The molecular formula is C10H20N2O4S. The van der Waals surface area contributed by atoms with Gasteiger partial charge in [0.05, 0.1) is 11.7 Å². The average Bonchev–Trinajstić information content (AvgIpc) is 2.28. The third kappa shape index (κ3) is 3.93. The maximum atomic E-state index is 11.9. The molecule has 1 aliphatic rings. The third-order valence-corrected chi connectivity index (χ3v) is 5.13. The van der Waals surface area contributed by atoms with Gasteiger partial charge in [0.2, 0.25) is 10.0 Å². The number of carboxylic acid groups (broad SMARTS) is 1. The molecule has 1 aliphatic heterocycles. The van der Waals surface area contributed by atoms with Crippen molar-refractivity contribution in [3.63, 3.8) is 0 Å². The Morgan fingerprint density at radius 1 is 1.29 bits per heavy atom. The molecule has 0 saturated carbocycles. The maximum Gasteiger partial charge on any atom is 0.307 e. The van der Waals surface area contributed by atoms with Gasteiger partial charge in [-0.05, 0) is 6.54 Å². The molecule has 7 heteroatoms. The van der Waals surface area contributed by atoms with E-state index in [1.807, 2.05) is 6.92 Å². The largest absolute Gasteiger partial charge is 0.481 e. The Bertz CT molecular complexity index is 361. The molecule has 1 saturated heterocycles. The van der Waals surface area contributed by atoms with E-state index in [-0.39, 0.29) is 5.75 Å². The van der Waals surface area contributed by atoms with Crippen LogP contribution >= 0.6 is 0 Å². The van der Waals surface area contributed by atoms with E-state index in [0.717, 1.165) is 19.6 Å². The minimum absolute atomic E-state index is 0.311. The molecule has 1 N–H and O–H groups in total. The summed E-state index contributed by atoms with van der Waals surface area (Å²) in [5.74, 6) is -2.24. The Balaban J connectivity index is 2.57. The van der Waals surface area contributed by atoms with Crippen molar-refractivity contribution in [2.75, 3.05) is 38.5 Å². The lowest BCUT2D eigenvalue weighted by molar-refractivity contribution is -0.140. The summed E-state index contributed by atoms with van der Waals surface area (Å²) in [7, 11) is -3.43. The van der Waals surface area contributed by atoms with Crippen molar-refractivity contribution in [2.24, 2.45) is 5.92 Å². The van der Waals surface area contributed by atoms with Crippen molar-refractivity contribution in [1.82, 2.24) is 9.21 Å². The normalized spacial score (nSPS) is 21.3. The van der Waals surface area contributed by atoms with Crippen LogP contribution in [0.4, 0.5) is 0 Å². The van der Waals surface area contributed by atoms with E-state index in [4.69, 9.17) is 5.11 Å². The van der Waals surface area contributed by atoms with E-state index in [9.17, 15) is 13.2 Å². The number of likely N-dealkylation sites (N-methyl/N-ethyl adjacent to an activating group) is 1. The first kappa shape index (κ1) is 14.4. The predicted octanol–water partition coefficient (Wildman–Crippen LogP) is -0.326. The zero-order chi connectivity index (χ0) is 13.1. The number of hydrogen-bond donors (Lipinski definition) is 1. The highest BCUT2D eigenvalue weighted by Crippen LogP contribution is 2.11. The summed E-state index contributed by atoms with van der Waals surface area (Å²) < 4.78 is 25.3. The summed E-state index contributed by atoms with van der Waals surface area (Å²) in [6, 6.07) is 0. The molecule has 1 fully saturated rings. The van der Waals surface area contributed by atoms with Crippen LogP contribution in [0.3, 0.4) is 0 Å². The van der Waals surface area contributed by atoms with E-state index < -0.39 is 21.9 Å². The van der Waals surface area contributed by atoms with Gasteiger partial charge in [0.15, 0.2) is 0 Å². The second kappa shape index (κ2) is 5.79. The molecule has 0 radical (unpaired) electrons. The number of nitrogens with zero attached hydrogens (tertiary/aromatic N) is 2. The van der Waals surface area contributed by atoms with E-state index in [2.05, 4.69) is 4.90 Å². The topological polar surface area (TPSA) is 77.9 Å². The van der Waals surface area contributed by atoms with E-state index in [0.29, 0.717) is 13.1 Å². The molecule has 6 nitrogen and oxygen atoms in total. The molecule has 1 atom stereocenters. The molecule has 0 aliphatic carbocycles. The van der Waals surface area contributed by atoms with E-state index >= 15 is 0 Å². The SMILES string of the molecule is CCN1CCN(S(=O)(=O)CC(C)C(=O)O)CC1. The Labute approximate surface area is 102 Å². The molecule has 0 amide bonds. The fourth-order valence-corrected chi connectivity index (χ4v) is 3.52. The highest BCUT2D eigenvalue weighted by molar-refractivity contribution is 7.89. The second-order valence-electron chi connectivity index (χ2n) is 4.35. The first-order valence-corrected chi connectivity index (χ1v) is 7.40. The lowest BCUT2D eigenvalue weighted by atomic mass is 10.2. The average molecular weight is 264 g/mol. The zero-order valence-electron chi connectivity index (χ0n) is 10.3. The van der Waals surface area contributed by atoms with Crippen LogP contribution in [0.5, 0.6) is 0 Å². The summed E-state index contributed by atoms with van der Waals surface area (Å²) in [6.07, 6.45) is 0. The monoisotopic (exact) mass is 264 g/mol. The highest BCUT2D eigenvalue weighted by atomic mass is 32.2. The van der Waals surface area contributed by atoms with Gasteiger partial charge in [0.25, 0.3) is 0 Å². The summed E-state index contributed by atoms with van der Waals surface area (Å²) >= 11 is 0. The number of sulfonamides is 1. The van der Waals surface area contributed by atoms with Gasteiger partial charge in [0, 0.05) is 26.2 Å². The Hall–Kier alpha value is -0.660. The van der Waals surface area contributed by atoms with Crippen LogP contribution in [0.2, 0.25) is 0 Å². The van der Waals surface area contributed by atoms with Crippen LogP contribution in [0.25, 0.3) is 0 Å². The number of rotatable bonds is 5. The molecule has 1 unspecified atom stereocenters. The molecule has 0 aromatic heterocycles. The van der Waals surface area contributed by atoms with Crippen molar-refractivity contribution in [1.29, 1.82) is 0 Å². The first-order valence-electron chi connectivity index (χ1n) is 5.79. The number of aliphatic carboxylic acids is 1. The third-order valence-electron chi connectivity index (χ3n) is 3.05. The molecular weight excluding hydrogens is 244 g/mol. The first-order chi connectivity index (χ1) is 7.86. The van der Waals surface area contributed by atoms with Crippen LogP contribution in [0, 0.1) is 5.92 Å². The molecule has 0 aromatic carbocycles. The van der Waals surface area contributed by atoms with Crippen molar-refractivity contribution in [3.8, 4) is 0 Å². The van der Waals surface area contributed by atoms with Crippen LogP contribution in [0.1, 0.15) is 13.8 Å². The van der Waals surface area contributed by atoms with Gasteiger partial charge in [-0.2, -0.15) is 4.31 Å². The standard InChI is InChI=1S/C10H20N2O4S/c1-3-11-4-6-12(7-5-11)17(15,16)8-9(2)10(13)14/h9H,3-8H2,1-2H3,(H,13,14). The lowest BCUT2D eigenvalue weighted by Gasteiger charge is -2.33. The van der Waals surface area contributed by atoms with Crippen molar-refractivity contribution >= 4 is 16.0 Å². The van der Waals surface area contributed by atoms with Gasteiger partial charge in [-0.15, -0.1) is 0 Å². The minimum atomic E-state index is -3.43. The molecule has 100 valence electrons. The van der Waals surface area contributed by atoms with Gasteiger partial charge in [0.1, 0.15) is 0 Å². The van der Waals surface area contributed by atoms with Gasteiger partial charge in [-0.3, -0.25) is 4.79 Å². The van der Waals surface area contributed by atoms with Crippen molar-refractivity contribution < 1.29 is 18.3 Å². The fourth-order valence-electron chi connectivity index (χ4n) is 1.82. The molecule has 1 heterocycles. The Kier molecular flexibility index (Phi) is 4.91. The summed E-state index contributed by atoms with van der Waals surface area (Å²) in [5.41, 5.74) is 0. The van der Waals surface area contributed by atoms with E-state index in [1.165, 1.54) is 11.2 Å². The summed E-state index contributed by atoms with van der Waals surface area (Å²) in [4.78, 5) is 12.8. The van der Waals surface area contributed by atoms with Crippen LogP contribution < -0.4 is 0 Å². The van der Waals surface area contributed by atoms with Gasteiger partial charge >= 0.3 is 5.97 Å². The molecule has 0 aromatic rings. The van der Waals surface area contributed by atoms with Gasteiger partial charge in [-0.25, -0.2) is 8.42 Å². The fraction of sp³-hybridized carbons (Fsp3) is 0.900. The predicted molar refractivity (Wildman–Crippen MR) is 64.3 cm³/mol. The van der Waals surface area contributed by atoms with Gasteiger partial charge < -0.3 is 10.0 Å². The van der Waals surface area contributed by atoms with Gasteiger partial charge in [-0.1, -0.05) is 13.8 Å². The molecule has 0 spiro atoms. The quantitative estimate of drug-likeness (QED) is 0.736. The smallest absolute Gasteiger partial charge is 0.307 e. The Morgan fingerprint density at radius 3 is 2.24 bits per heavy atom. The van der Waals surface area contributed by atoms with Crippen molar-refractivity contribution in [2.45, 2.75) is 13.8 Å². The van der Waals surface area contributed by atoms with Crippen molar-refractivity contribution in [3.05, 3.63) is 0 Å². The van der Waals surface area contributed by atoms with Crippen LogP contribution in [-0.2, 0) is 14.8 Å². The number of carboxylic acids is 1. The molecule has 1 rings (SSSR count). The number of carbonyl (C=O) groups is 1. The molecule has 17 heavy (non-hydrogen) atoms. The zero-order valence-corrected chi connectivity index (χ0v) is 11.1. The minimum Gasteiger partial charge on any atom is -0.481 e. The summed E-state index contributed by atoms with van der Waals surface area (Å²) in [6.45, 7) is 6.73. The number of hydrogen-bond acceptors (Lipinski definition) is 4. The van der Waals surface area contributed by atoms with E-state index in [1.54, 1.807) is 0 Å². The number of piperazine rings is 1. The van der Waals surface area contributed by atoms with Crippen LogP contribution in [0.15, 0.2) is 0 Å². The van der Waals surface area contributed by atoms with Crippen LogP contribution in [-0.4, -0.2) is 67.2 Å². The maximum absolute atomic E-state index is 11.9.